The van der Waals surface area contributed by atoms with Crippen LogP contribution in [0.3, 0.4) is 0 Å². The van der Waals surface area contributed by atoms with Gasteiger partial charge in [0.25, 0.3) is 0 Å². The molecule has 0 saturated carbocycles. The first-order valence-electron chi connectivity index (χ1n) is 5.44. The van der Waals surface area contributed by atoms with E-state index in [0.717, 1.165) is 36.3 Å². The van der Waals surface area contributed by atoms with Crippen LogP contribution in [-0.4, -0.2) is 6.61 Å². The fourth-order valence-corrected chi connectivity index (χ4v) is 1.97. The summed E-state index contributed by atoms with van der Waals surface area (Å²) in [5.74, 6) is 5.60. The number of para-hydroxylation sites is 1. The summed E-state index contributed by atoms with van der Waals surface area (Å²) >= 11 is 0. The molecule has 1 unspecified atom stereocenters. The lowest BCUT2D eigenvalue weighted by molar-refractivity contribution is 0.219. The third-order valence-corrected chi connectivity index (χ3v) is 2.81. The van der Waals surface area contributed by atoms with Gasteiger partial charge in [-0.2, -0.15) is 0 Å². The van der Waals surface area contributed by atoms with Gasteiger partial charge in [-0.3, -0.25) is 5.84 Å². The van der Waals surface area contributed by atoms with Crippen LogP contribution >= 0.6 is 0 Å². The standard InChI is InChI=1S/C12H17N3O/c13-11-6-2-1-5-10(11)12(15-14)9-4-3-7-16-8-9/h1-2,5-6,8,12,15H,3-4,7,13-14H2. The molecule has 1 aliphatic heterocycles. The third-order valence-electron chi connectivity index (χ3n) is 2.81. The van der Waals surface area contributed by atoms with Gasteiger partial charge < -0.3 is 10.5 Å². The van der Waals surface area contributed by atoms with Gasteiger partial charge in [0.2, 0.25) is 0 Å². The normalized spacial score (nSPS) is 17.4. The Kier molecular flexibility index (Phi) is 3.44. The maximum absolute atomic E-state index is 5.94. The number of ether oxygens (including phenoxy) is 1. The minimum Gasteiger partial charge on any atom is -0.501 e. The van der Waals surface area contributed by atoms with Crippen molar-refractivity contribution in [3.63, 3.8) is 0 Å². The Morgan fingerprint density at radius 2 is 2.12 bits per heavy atom. The van der Waals surface area contributed by atoms with Crippen LogP contribution in [-0.2, 0) is 4.74 Å². The highest BCUT2D eigenvalue weighted by molar-refractivity contribution is 5.50. The van der Waals surface area contributed by atoms with Gasteiger partial charge in [-0.25, -0.2) is 5.43 Å². The van der Waals surface area contributed by atoms with Gasteiger partial charge in [-0.1, -0.05) is 18.2 Å². The summed E-state index contributed by atoms with van der Waals surface area (Å²) in [6.45, 7) is 0.783. The summed E-state index contributed by atoms with van der Waals surface area (Å²) < 4.78 is 5.33. The molecule has 0 saturated heterocycles. The van der Waals surface area contributed by atoms with E-state index >= 15 is 0 Å². The summed E-state index contributed by atoms with van der Waals surface area (Å²) in [6.07, 6.45) is 3.81. The van der Waals surface area contributed by atoms with E-state index in [-0.39, 0.29) is 6.04 Å². The summed E-state index contributed by atoms with van der Waals surface area (Å²) in [5, 5.41) is 0. The minimum atomic E-state index is -0.0542. The predicted octanol–water partition coefficient (Wildman–Crippen LogP) is 1.47. The first kappa shape index (κ1) is 11.0. The van der Waals surface area contributed by atoms with Crippen LogP contribution in [0.2, 0.25) is 0 Å². The Morgan fingerprint density at radius 1 is 1.31 bits per heavy atom. The van der Waals surface area contributed by atoms with Crippen LogP contribution in [0.5, 0.6) is 0 Å². The smallest absolute Gasteiger partial charge is 0.0876 e. The molecule has 0 spiro atoms. The van der Waals surface area contributed by atoms with Gasteiger partial charge in [-0.05, 0) is 30.0 Å². The lowest BCUT2D eigenvalue weighted by Crippen LogP contribution is -2.30. The average molecular weight is 219 g/mol. The van der Waals surface area contributed by atoms with Gasteiger partial charge in [0.1, 0.15) is 0 Å². The molecule has 1 heterocycles. The molecule has 86 valence electrons. The second-order valence-corrected chi connectivity index (χ2v) is 3.90. The molecular weight excluding hydrogens is 202 g/mol. The topological polar surface area (TPSA) is 73.3 Å². The largest absolute Gasteiger partial charge is 0.501 e. The number of nitrogens with two attached hydrogens (primary N) is 2. The van der Waals surface area contributed by atoms with Gasteiger partial charge in [-0.15, -0.1) is 0 Å². The minimum absolute atomic E-state index is 0.0542. The van der Waals surface area contributed by atoms with E-state index in [9.17, 15) is 0 Å². The molecule has 1 aliphatic rings. The van der Waals surface area contributed by atoms with E-state index in [1.807, 2.05) is 24.3 Å². The van der Waals surface area contributed by atoms with Crippen molar-refractivity contribution in [1.29, 1.82) is 0 Å². The summed E-state index contributed by atoms with van der Waals surface area (Å²) in [6, 6.07) is 7.68. The van der Waals surface area contributed by atoms with Crippen molar-refractivity contribution in [3.05, 3.63) is 41.7 Å². The van der Waals surface area contributed by atoms with Gasteiger partial charge in [0, 0.05) is 5.69 Å². The molecule has 0 radical (unpaired) electrons. The Morgan fingerprint density at radius 3 is 2.75 bits per heavy atom. The van der Waals surface area contributed by atoms with Crippen molar-refractivity contribution in [2.45, 2.75) is 18.9 Å². The van der Waals surface area contributed by atoms with E-state index < -0.39 is 0 Å². The van der Waals surface area contributed by atoms with Crippen molar-refractivity contribution < 1.29 is 4.74 Å². The Labute approximate surface area is 95.2 Å². The zero-order valence-corrected chi connectivity index (χ0v) is 9.15. The number of anilines is 1. The van der Waals surface area contributed by atoms with Crippen LogP contribution in [0.15, 0.2) is 36.1 Å². The molecule has 1 aromatic carbocycles. The molecule has 0 aliphatic carbocycles. The van der Waals surface area contributed by atoms with E-state index in [4.69, 9.17) is 16.3 Å². The Balaban J connectivity index is 2.28. The van der Waals surface area contributed by atoms with Crippen LogP contribution in [0.1, 0.15) is 24.4 Å². The first-order valence-corrected chi connectivity index (χ1v) is 5.44. The van der Waals surface area contributed by atoms with Gasteiger partial charge >= 0.3 is 0 Å². The lowest BCUT2D eigenvalue weighted by Gasteiger charge is -2.23. The van der Waals surface area contributed by atoms with Gasteiger partial charge in [0.05, 0.1) is 18.9 Å². The monoisotopic (exact) mass is 219 g/mol. The number of hydrogen-bond acceptors (Lipinski definition) is 4. The van der Waals surface area contributed by atoms with Crippen molar-refractivity contribution in [3.8, 4) is 0 Å². The third kappa shape index (κ3) is 2.18. The highest BCUT2D eigenvalue weighted by Crippen LogP contribution is 2.29. The summed E-state index contributed by atoms with van der Waals surface area (Å²) in [5.41, 5.74) is 11.6. The van der Waals surface area contributed by atoms with E-state index in [2.05, 4.69) is 5.43 Å². The molecule has 4 nitrogen and oxygen atoms in total. The molecule has 0 bridgehead atoms. The van der Waals surface area contributed by atoms with Gasteiger partial charge in [0.15, 0.2) is 0 Å². The zero-order valence-electron chi connectivity index (χ0n) is 9.15. The fraction of sp³-hybridized carbons (Fsp3) is 0.333. The maximum atomic E-state index is 5.94. The Bertz CT molecular complexity index is 390. The van der Waals surface area contributed by atoms with Crippen LogP contribution in [0.4, 0.5) is 5.69 Å². The zero-order chi connectivity index (χ0) is 11.4. The second kappa shape index (κ2) is 5.01. The van der Waals surface area contributed by atoms with Crippen molar-refractivity contribution >= 4 is 5.69 Å². The average Bonchev–Trinajstić information content (AvgIpc) is 2.34. The molecule has 0 aromatic heterocycles. The number of nitrogens with one attached hydrogen (secondary N) is 1. The molecule has 5 N–H and O–H groups in total. The van der Waals surface area contributed by atoms with Crippen LogP contribution in [0.25, 0.3) is 0 Å². The quantitative estimate of drug-likeness (QED) is 0.409. The number of hydrogen-bond donors (Lipinski definition) is 3. The molecule has 0 fully saturated rings. The van der Waals surface area contributed by atoms with Crippen LogP contribution < -0.4 is 17.0 Å². The number of rotatable bonds is 3. The highest BCUT2D eigenvalue weighted by atomic mass is 16.5. The Hall–Kier alpha value is -1.52. The molecule has 1 aromatic rings. The SMILES string of the molecule is NNC(C1=COCCC1)c1ccccc1N. The van der Waals surface area contributed by atoms with Crippen LogP contribution in [0, 0.1) is 0 Å². The number of benzene rings is 1. The number of hydrazine groups is 1. The van der Waals surface area contributed by atoms with Crippen molar-refractivity contribution in [1.82, 2.24) is 5.43 Å². The predicted molar refractivity (Wildman–Crippen MR) is 64.2 cm³/mol. The maximum Gasteiger partial charge on any atom is 0.0876 e. The molecular formula is C12H17N3O. The fourth-order valence-electron chi connectivity index (χ4n) is 1.97. The molecule has 2 rings (SSSR count). The van der Waals surface area contributed by atoms with E-state index in [1.165, 1.54) is 0 Å². The molecule has 0 amide bonds. The molecule has 1 atom stereocenters. The van der Waals surface area contributed by atoms with Crippen molar-refractivity contribution in [2.24, 2.45) is 5.84 Å². The number of nitrogen functional groups attached to an aromatic ring is 1. The molecule has 4 heteroatoms. The molecule has 16 heavy (non-hydrogen) atoms. The summed E-state index contributed by atoms with van der Waals surface area (Å²) in [7, 11) is 0. The van der Waals surface area contributed by atoms with E-state index in [1.54, 1.807) is 6.26 Å². The summed E-state index contributed by atoms with van der Waals surface area (Å²) in [4.78, 5) is 0. The highest BCUT2D eigenvalue weighted by Gasteiger charge is 2.19. The first-order chi connectivity index (χ1) is 7.83. The van der Waals surface area contributed by atoms with Crippen molar-refractivity contribution in [2.75, 3.05) is 12.3 Å². The lowest BCUT2D eigenvalue weighted by atomic mass is 9.95. The van der Waals surface area contributed by atoms with E-state index in [0.29, 0.717) is 0 Å². The second-order valence-electron chi connectivity index (χ2n) is 3.90.